The van der Waals surface area contributed by atoms with Gasteiger partial charge in [0.05, 0.1) is 0 Å². The van der Waals surface area contributed by atoms with Gasteiger partial charge in [0.2, 0.25) is 0 Å². The standard InChI is InChI=1S/C19H25N3O3S2/c1-14-6-8-15(9-7-14)20-27(24,25)17-10-12-26-18(17)19(23)22-11-4-5-16(13-22)21(2)3/h6-10,12,16,20H,4-5,11,13H2,1-3H3. The van der Waals surface area contributed by atoms with E-state index in [9.17, 15) is 13.2 Å². The topological polar surface area (TPSA) is 69.7 Å². The molecule has 0 radical (unpaired) electrons. The van der Waals surface area contributed by atoms with Crippen LogP contribution in [0.2, 0.25) is 0 Å². The first kappa shape index (κ1) is 19.9. The number of aryl methyl sites for hydroxylation is 1. The van der Waals surface area contributed by atoms with Crippen molar-refractivity contribution in [1.29, 1.82) is 0 Å². The molecule has 1 aromatic heterocycles. The molecule has 0 saturated carbocycles. The lowest BCUT2D eigenvalue weighted by molar-refractivity contribution is 0.0636. The SMILES string of the molecule is Cc1ccc(NS(=O)(=O)c2ccsc2C(=O)N2CCCC(N(C)C)C2)cc1. The fraction of sp³-hybridized carbons (Fsp3) is 0.421. The van der Waals surface area contributed by atoms with Gasteiger partial charge in [-0.05, 0) is 57.4 Å². The van der Waals surface area contributed by atoms with Crippen LogP contribution < -0.4 is 4.72 Å². The Morgan fingerprint density at radius 2 is 1.93 bits per heavy atom. The van der Waals surface area contributed by atoms with Crippen LogP contribution in [0.1, 0.15) is 28.1 Å². The van der Waals surface area contributed by atoms with Gasteiger partial charge < -0.3 is 9.80 Å². The van der Waals surface area contributed by atoms with Crippen LogP contribution in [0, 0.1) is 6.92 Å². The Morgan fingerprint density at radius 1 is 1.22 bits per heavy atom. The Labute approximate surface area is 164 Å². The molecular weight excluding hydrogens is 382 g/mol. The van der Waals surface area contributed by atoms with Crippen LogP contribution >= 0.6 is 11.3 Å². The van der Waals surface area contributed by atoms with Gasteiger partial charge in [-0.2, -0.15) is 0 Å². The molecule has 1 aliphatic heterocycles. The molecule has 8 heteroatoms. The number of likely N-dealkylation sites (tertiary alicyclic amines) is 1. The molecule has 1 fully saturated rings. The molecule has 1 atom stereocenters. The van der Waals surface area contributed by atoms with Crippen molar-refractivity contribution in [2.45, 2.75) is 30.7 Å². The van der Waals surface area contributed by atoms with E-state index < -0.39 is 10.0 Å². The van der Waals surface area contributed by atoms with E-state index in [4.69, 9.17) is 0 Å². The summed E-state index contributed by atoms with van der Waals surface area (Å²) in [5, 5.41) is 1.66. The number of rotatable bonds is 5. The van der Waals surface area contributed by atoms with Crippen molar-refractivity contribution < 1.29 is 13.2 Å². The highest BCUT2D eigenvalue weighted by Gasteiger charge is 2.30. The van der Waals surface area contributed by atoms with Crippen LogP contribution in [0.4, 0.5) is 5.69 Å². The van der Waals surface area contributed by atoms with E-state index in [1.165, 1.54) is 17.4 Å². The maximum Gasteiger partial charge on any atom is 0.265 e. The number of nitrogens with one attached hydrogen (secondary N) is 1. The van der Waals surface area contributed by atoms with E-state index in [2.05, 4.69) is 9.62 Å². The van der Waals surface area contributed by atoms with Crippen LogP contribution in [-0.4, -0.2) is 57.4 Å². The molecule has 1 unspecified atom stereocenters. The van der Waals surface area contributed by atoms with Gasteiger partial charge in [-0.1, -0.05) is 17.7 Å². The summed E-state index contributed by atoms with van der Waals surface area (Å²) in [6.07, 6.45) is 1.96. The Bertz CT molecular complexity index is 905. The van der Waals surface area contributed by atoms with Crippen molar-refractivity contribution in [3.8, 4) is 0 Å². The van der Waals surface area contributed by atoms with E-state index in [1.807, 2.05) is 33.2 Å². The van der Waals surface area contributed by atoms with Gasteiger partial charge in [-0.3, -0.25) is 9.52 Å². The minimum absolute atomic E-state index is 0.0463. The van der Waals surface area contributed by atoms with Crippen molar-refractivity contribution in [3.63, 3.8) is 0 Å². The van der Waals surface area contributed by atoms with Gasteiger partial charge in [-0.25, -0.2) is 8.42 Å². The molecule has 1 amide bonds. The third kappa shape index (κ3) is 4.51. The summed E-state index contributed by atoms with van der Waals surface area (Å²) >= 11 is 1.18. The highest BCUT2D eigenvalue weighted by molar-refractivity contribution is 7.93. The first-order valence-corrected chi connectivity index (χ1v) is 11.3. The molecular formula is C19H25N3O3S2. The lowest BCUT2D eigenvalue weighted by Crippen LogP contribution is -2.47. The first-order chi connectivity index (χ1) is 12.8. The maximum atomic E-state index is 13.0. The molecule has 0 bridgehead atoms. The van der Waals surface area contributed by atoms with Crippen LogP contribution in [0.15, 0.2) is 40.6 Å². The van der Waals surface area contributed by atoms with Crippen molar-refractivity contribution in [3.05, 3.63) is 46.2 Å². The number of nitrogens with zero attached hydrogens (tertiary/aromatic N) is 2. The van der Waals surface area contributed by atoms with Gasteiger partial charge >= 0.3 is 0 Å². The van der Waals surface area contributed by atoms with E-state index in [0.29, 0.717) is 24.8 Å². The molecule has 146 valence electrons. The molecule has 1 saturated heterocycles. The summed E-state index contributed by atoms with van der Waals surface area (Å²) < 4.78 is 28.3. The zero-order valence-corrected chi connectivity index (χ0v) is 17.4. The number of benzene rings is 1. The molecule has 2 aromatic rings. The number of hydrogen-bond acceptors (Lipinski definition) is 5. The molecule has 1 aliphatic rings. The molecule has 6 nitrogen and oxygen atoms in total. The minimum Gasteiger partial charge on any atom is -0.336 e. The number of sulfonamides is 1. The van der Waals surface area contributed by atoms with Crippen molar-refractivity contribution >= 4 is 33.0 Å². The number of amides is 1. The van der Waals surface area contributed by atoms with Crippen LogP contribution in [0.5, 0.6) is 0 Å². The summed E-state index contributed by atoms with van der Waals surface area (Å²) in [4.78, 5) is 17.2. The quantitative estimate of drug-likeness (QED) is 0.827. The average Bonchev–Trinajstić information content (AvgIpc) is 3.14. The highest BCUT2D eigenvalue weighted by Crippen LogP contribution is 2.27. The summed E-state index contributed by atoms with van der Waals surface area (Å²) in [5.74, 6) is -0.208. The molecule has 3 rings (SSSR count). The fourth-order valence-electron chi connectivity index (χ4n) is 3.20. The van der Waals surface area contributed by atoms with Crippen molar-refractivity contribution in [2.75, 3.05) is 31.9 Å². The van der Waals surface area contributed by atoms with Crippen molar-refractivity contribution in [1.82, 2.24) is 9.80 Å². The fourth-order valence-corrected chi connectivity index (χ4v) is 5.65. The molecule has 2 heterocycles. The summed E-state index contributed by atoms with van der Waals surface area (Å²) in [6.45, 7) is 3.22. The Hall–Kier alpha value is -1.90. The number of anilines is 1. The monoisotopic (exact) mass is 407 g/mol. The number of piperidine rings is 1. The lowest BCUT2D eigenvalue weighted by Gasteiger charge is -2.36. The normalized spacial score (nSPS) is 17.9. The molecule has 27 heavy (non-hydrogen) atoms. The zero-order valence-electron chi connectivity index (χ0n) is 15.8. The largest absolute Gasteiger partial charge is 0.336 e. The van der Waals surface area contributed by atoms with E-state index in [1.54, 1.807) is 22.4 Å². The zero-order chi connectivity index (χ0) is 19.6. The Morgan fingerprint density at radius 3 is 2.59 bits per heavy atom. The maximum absolute atomic E-state index is 13.0. The van der Waals surface area contributed by atoms with Gasteiger partial charge in [0.1, 0.15) is 9.77 Å². The molecule has 1 aromatic carbocycles. The summed E-state index contributed by atoms with van der Waals surface area (Å²) in [5.41, 5.74) is 1.53. The average molecular weight is 408 g/mol. The van der Waals surface area contributed by atoms with E-state index in [-0.39, 0.29) is 15.7 Å². The second kappa shape index (κ2) is 8.00. The Balaban J connectivity index is 1.82. The van der Waals surface area contributed by atoms with Crippen LogP contribution in [0.25, 0.3) is 0 Å². The first-order valence-electron chi connectivity index (χ1n) is 8.90. The van der Waals surface area contributed by atoms with E-state index >= 15 is 0 Å². The summed E-state index contributed by atoms with van der Waals surface area (Å²) in [7, 11) is 0.186. The third-order valence-electron chi connectivity index (χ3n) is 4.83. The van der Waals surface area contributed by atoms with Crippen LogP contribution in [0.3, 0.4) is 0 Å². The molecule has 0 aliphatic carbocycles. The molecule has 1 N–H and O–H groups in total. The van der Waals surface area contributed by atoms with E-state index in [0.717, 1.165) is 18.4 Å². The predicted octanol–water partition coefficient (Wildman–Crippen LogP) is 3.02. The number of likely N-dealkylation sites (N-methyl/N-ethyl adjacent to an activating group) is 1. The highest BCUT2D eigenvalue weighted by atomic mass is 32.2. The number of carbonyl (C=O) groups is 1. The van der Waals surface area contributed by atoms with Gasteiger partial charge in [0, 0.05) is 24.8 Å². The summed E-state index contributed by atoms with van der Waals surface area (Å²) in [6, 6.07) is 8.91. The van der Waals surface area contributed by atoms with Gasteiger partial charge in [0.15, 0.2) is 0 Å². The number of carbonyl (C=O) groups excluding carboxylic acids is 1. The number of thiophene rings is 1. The molecule has 0 spiro atoms. The second-order valence-corrected chi connectivity index (χ2v) is 9.66. The van der Waals surface area contributed by atoms with Gasteiger partial charge in [0.25, 0.3) is 15.9 Å². The third-order valence-corrected chi connectivity index (χ3v) is 7.29. The van der Waals surface area contributed by atoms with Crippen molar-refractivity contribution in [2.24, 2.45) is 0 Å². The lowest BCUT2D eigenvalue weighted by atomic mass is 10.0. The number of hydrogen-bond donors (Lipinski definition) is 1. The minimum atomic E-state index is -3.82. The van der Waals surface area contributed by atoms with Gasteiger partial charge in [-0.15, -0.1) is 11.3 Å². The van der Waals surface area contributed by atoms with Crippen LogP contribution in [-0.2, 0) is 10.0 Å². The second-order valence-electron chi connectivity index (χ2n) is 7.10. The predicted molar refractivity (Wildman–Crippen MR) is 109 cm³/mol. The Kier molecular flexibility index (Phi) is 5.88. The smallest absolute Gasteiger partial charge is 0.265 e.